The number of carbonyl (C=O) groups excluding carboxylic acids is 1. The van der Waals surface area contributed by atoms with Crippen LogP contribution in [0.5, 0.6) is 0 Å². The second-order valence-electron chi connectivity index (χ2n) is 5.65. The Labute approximate surface area is 142 Å². The molecule has 3 heterocycles. The van der Waals surface area contributed by atoms with Crippen LogP contribution in [0.4, 0.5) is 0 Å². The van der Waals surface area contributed by atoms with Gasteiger partial charge in [0.25, 0.3) is 0 Å². The number of aryl methyl sites for hydroxylation is 2. The molecule has 0 fully saturated rings. The van der Waals surface area contributed by atoms with Crippen molar-refractivity contribution in [2.75, 3.05) is 0 Å². The zero-order valence-electron chi connectivity index (χ0n) is 13.7. The molecule has 8 nitrogen and oxygen atoms in total. The van der Waals surface area contributed by atoms with Gasteiger partial charge in [0, 0.05) is 17.8 Å². The predicted octanol–water partition coefficient (Wildman–Crippen LogP) is 1.30. The van der Waals surface area contributed by atoms with Crippen LogP contribution in [0, 0.1) is 13.8 Å². The van der Waals surface area contributed by atoms with Crippen LogP contribution in [0.3, 0.4) is 0 Å². The Morgan fingerprint density at radius 2 is 2.21 bits per heavy atom. The van der Waals surface area contributed by atoms with Gasteiger partial charge in [0.2, 0.25) is 10.9 Å². The molecule has 24 heavy (non-hydrogen) atoms. The van der Waals surface area contributed by atoms with Gasteiger partial charge in [-0.05, 0) is 32.8 Å². The molecule has 126 valence electrons. The first-order chi connectivity index (χ1) is 11.4. The van der Waals surface area contributed by atoms with E-state index in [4.69, 9.17) is 0 Å². The Kier molecular flexibility index (Phi) is 4.43. The van der Waals surface area contributed by atoms with Gasteiger partial charge in [-0.15, -0.1) is 0 Å². The zero-order chi connectivity index (χ0) is 17.3. The average Bonchev–Trinajstić information content (AvgIpc) is 3.06. The largest absolute Gasteiger partial charge is 0.348 e. The van der Waals surface area contributed by atoms with Crippen LogP contribution < -0.4 is 11.0 Å². The number of hydrogen-bond donors (Lipinski definition) is 2. The minimum Gasteiger partial charge on any atom is -0.348 e. The summed E-state index contributed by atoms with van der Waals surface area (Å²) in [5.74, 6) is -0.0724. The molecule has 2 N–H and O–H groups in total. The highest BCUT2D eigenvalue weighted by atomic mass is 32.1. The van der Waals surface area contributed by atoms with Crippen LogP contribution in [0.15, 0.2) is 16.5 Å². The Morgan fingerprint density at radius 3 is 2.92 bits per heavy atom. The Bertz CT molecular complexity index is 886. The third-order valence-corrected chi connectivity index (χ3v) is 4.57. The summed E-state index contributed by atoms with van der Waals surface area (Å²) in [4.78, 5) is 35.3. The minimum absolute atomic E-state index is 0.0724. The number of H-pyrrole nitrogens is 1. The summed E-state index contributed by atoms with van der Waals surface area (Å²) < 4.78 is 1.70. The number of carbonyl (C=O) groups is 1. The molecule has 0 aromatic carbocycles. The van der Waals surface area contributed by atoms with Gasteiger partial charge in [0.15, 0.2) is 0 Å². The summed E-state index contributed by atoms with van der Waals surface area (Å²) in [5, 5.41) is 7.06. The lowest BCUT2D eigenvalue weighted by molar-refractivity contribution is -0.121. The van der Waals surface area contributed by atoms with Crippen LogP contribution in [0.1, 0.15) is 42.0 Å². The minimum atomic E-state index is -0.361. The van der Waals surface area contributed by atoms with Crippen molar-refractivity contribution in [2.45, 2.75) is 39.7 Å². The molecule has 0 saturated heterocycles. The maximum atomic E-state index is 12.2. The summed E-state index contributed by atoms with van der Waals surface area (Å²) in [6, 6.07) is -0.192. The van der Waals surface area contributed by atoms with Crippen molar-refractivity contribution in [3.05, 3.63) is 44.8 Å². The molecule has 0 aliphatic carbocycles. The molecule has 3 rings (SSSR count). The molecule has 3 aromatic rings. The van der Waals surface area contributed by atoms with E-state index in [1.165, 1.54) is 11.3 Å². The van der Waals surface area contributed by atoms with E-state index in [9.17, 15) is 9.59 Å². The molecular weight excluding hydrogens is 328 g/mol. The fourth-order valence-corrected chi connectivity index (χ4v) is 3.22. The highest BCUT2D eigenvalue weighted by Crippen LogP contribution is 2.16. The maximum Gasteiger partial charge on any atom is 0.345 e. The van der Waals surface area contributed by atoms with Crippen molar-refractivity contribution < 1.29 is 4.79 Å². The molecule has 9 heteroatoms. The standard InChI is InChI=1S/C15H18N6O2S/c1-8-11(9(2)19-14(23)18-8)4-5-13(22)17-10(3)12-6-21-15(20-12)24-7-16-21/h6-7,10H,4-5H2,1-3H3,(H,17,22)(H,18,19,23). The monoisotopic (exact) mass is 346 g/mol. The quantitative estimate of drug-likeness (QED) is 0.724. The smallest absolute Gasteiger partial charge is 0.345 e. The third-order valence-electron chi connectivity index (χ3n) is 3.88. The van der Waals surface area contributed by atoms with E-state index in [0.29, 0.717) is 18.5 Å². The van der Waals surface area contributed by atoms with Crippen molar-refractivity contribution in [1.82, 2.24) is 29.9 Å². The number of nitrogens with one attached hydrogen (secondary N) is 2. The number of imidazole rings is 1. The van der Waals surface area contributed by atoms with E-state index in [-0.39, 0.29) is 17.6 Å². The fourth-order valence-electron chi connectivity index (χ4n) is 2.61. The summed E-state index contributed by atoms with van der Waals surface area (Å²) in [7, 11) is 0. The van der Waals surface area contributed by atoms with Crippen LogP contribution in [0.2, 0.25) is 0 Å². The molecule has 0 bridgehead atoms. The summed E-state index contributed by atoms with van der Waals surface area (Å²) in [5.41, 5.74) is 4.47. The number of aromatic amines is 1. The summed E-state index contributed by atoms with van der Waals surface area (Å²) in [6.07, 6.45) is 2.66. The number of aromatic nitrogens is 5. The lowest BCUT2D eigenvalue weighted by Crippen LogP contribution is -2.27. The predicted molar refractivity (Wildman–Crippen MR) is 90.1 cm³/mol. The van der Waals surface area contributed by atoms with Crippen LogP contribution in [0.25, 0.3) is 4.96 Å². The normalized spacial score (nSPS) is 12.5. The molecule has 0 aliphatic heterocycles. The zero-order valence-corrected chi connectivity index (χ0v) is 14.5. The first-order valence-corrected chi connectivity index (χ1v) is 8.46. The summed E-state index contributed by atoms with van der Waals surface area (Å²) in [6.45, 7) is 5.49. The lowest BCUT2D eigenvalue weighted by atomic mass is 10.1. The van der Waals surface area contributed by atoms with Gasteiger partial charge in [0.1, 0.15) is 5.51 Å². The first kappa shape index (κ1) is 16.3. The van der Waals surface area contributed by atoms with Gasteiger partial charge in [-0.3, -0.25) is 4.79 Å². The van der Waals surface area contributed by atoms with Gasteiger partial charge in [-0.1, -0.05) is 11.3 Å². The van der Waals surface area contributed by atoms with Crippen LogP contribution in [-0.4, -0.2) is 30.5 Å². The number of hydrogen-bond acceptors (Lipinski definition) is 6. The van der Waals surface area contributed by atoms with E-state index in [0.717, 1.165) is 21.9 Å². The average molecular weight is 346 g/mol. The second kappa shape index (κ2) is 6.52. The van der Waals surface area contributed by atoms with Crippen LogP contribution >= 0.6 is 11.3 Å². The first-order valence-electron chi connectivity index (χ1n) is 7.58. The number of rotatable bonds is 5. The molecule has 1 atom stereocenters. The summed E-state index contributed by atoms with van der Waals surface area (Å²) >= 11 is 1.45. The van der Waals surface area contributed by atoms with Crippen molar-refractivity contribution >= 4 is 22.2 Å². The van der Waals surface area contributed by atoms with Crippen molar-refractivity contribution in [2.24, 2.45) is 0 Å². The highest BCUT2D eigenvalue weighted by molar-refractivity contribution is 7.14. The molecule has 1 unspecified atom stereocenters. The number of amides is 1. The van der Waals surface area contributed by atoms with E-state index >= 15 is 0 Å². The maximum absolute atomic E-state index is 12.2. The Morgan fingerprint density at radius 1 is 1.42 bits per heavy atom. The van der Waals surface area contributed by atoms with Gasteiger partial charge >= 0.3 is 5.69 Å². The molecule has 0 aliphatic rings. The SMILES string of the molecule is Cc1nc(=O)[nH]c(C)c1CCC(=O)NC(C)c1cn2ncsc2n1. The van der Waals surface area contributed by atoms with Gasteiger partial charge in [-0.2, -0.15) is 10.1 Å². The van der Waals surface area contributed by atoms with E-state index in [1.54, 1.807) is 16.9 Å². The Balaban J connectivity index is 1.61. The van der Waals surface area contributed by atoms with Gasteiger partial charge < -0.3 is 10.3 Å². The highest BCUT2D eigenvalue weighted by Gasteiger charge is 2.15. The third kappa shape index (κ3) is 3.35. The van der Waals surface area contributed by atoms with Crippen molar-refractivity contribution in [3.8, 4) is 0 Å². The van der Waals surface area contributed by atoms with E-state index in [1.807, 2.05) is 20.0 Å². The second-order valence-corrected chi connectivity index (χ2v) is 6.46. The van der Waals surface area contributed by atoms with E-state index in [2.05, 4.69) is 25.4 Å². The molecule has 0 spiro atoms. The van der Waals surface area contributed by atoms with Crippen LogP contribution in [-0.2, 0) is 11.2 Å². The van der Waals surface area contributed by atoms with Crippen molar-refractivity contribution in [3.63, 3.8) is 0 Å². The molecule has 1 amide bonds. The molecule has 0 radical (unpaired) electrons. The van der Waals surface area contributed by atoms with Gasteiger partial charge in [-0.25, -0.2) is 14.3 Å². The fraction of sp³-hybridized carbons (Fsp3) is 0.400. The van der Waals surface area contributed by atoms with Crippen molar-refractivity contribution in [1.29, 1.82) is 0 Å². The van der Waals surface area contributed by atoms with Gasteiger partial charge in [0.05, 0.1) is 17.9 Å². The van der Waals surface area contributed by atoms with E-state index < -0.39 is 0 Å². The molecule has 3 aromatic heterocycles. The molecular formula is C15H18N6O2S. The molecule has 0 saturated carbocycles. The topological polar surface area (TPSA) is 105 Å². The Hall–Kier alpha value is -2.55. The lowest BCUT2D eigenvalue weighted by Gasteiger charge is -2.12. The number of nitrogens with zero attached hydrogens (tertiary/aromatic N) is 4. The number of fused-ring (bicyclic) bond motifs is 1.